The summed E-state index contributed by atoms with van der Waals surface area (Å²) in [6, 6.07) is 2.56. The molecule has 0 bridgehead atoms. The van der Waals surface area contributed by atoms with E-state index in [4.69, 9.17) is 4.12 Å². The van der Waals surface area contributed by atoms with Gasteiger partial charge in [-0.25, -0.2) is 0 Å². The number of halogens is 2. The normalized spacial score (nSPS) is 13.2. The number of rotatable bonds is 8. The molecule has 0 rings (SSSR count). The molecule has 5 heteroatoms. The summed E-state index contributed by atoms with van der Waals surface area (Å²) in [6.45, 7) is 9.44. The van der Waals surface area contributed by atoms with E-state index in [0.29, 0.717) is 0 Å². The summed E-state index contributed by atoms with van der Waals surface area (Å²) in [4.78, 5) is 0. The minimum Gasteiger partial charge on any atom is -0.455 e. The summed E-state index contributed by atoms with van der Waals surface area (Å²) < 4.78 is 6.47. The zero-order valence-electron chi connectivity index (χ0n) is 10.4. The molecule has 0 saturated carbocycles. The SMILES string of the molecule is C[Si](C)(CCCBr)O[Si](C)(C)CCCBr. The Kier molecular flexibility index (Phi) is 8.32. The second-order valence-electron chi connectivity index (χ2n) is 5.21. The van der Waals surface area contributed by atoms with Gasteiger partial charge in [-0.1, -0.05) is 31.9 Å². The molecule has 0 heterocycles. The van der Waals surface area contributed by atoms with E-state index in [0.717, 1.165) is 10.7 Å². The van der Waals surface area contributed by atoms with Crippen LogP contribution >= 0.6 is 31.9 Å². The summed E-state index contributed by atoms with van der Waals surface area (Å²) in [6.07, 6.45) is 2.50. The van der Waals surface area contributed by atoms with Crippen molar-refractivity contribution in [3.8, 4) is 0 Å². The Morgan fingerprint density at radius 1 is 0.800 bits per heavy atom. The van der Waals surface area contributed by atoms with Crippen LogP contribution in [0.5, 0.6) is 0 Å². The van der Waals surface area contributed by atoms with Gasteiger partial charge in [-0.15, -0.1) is 0 Å². The number of hydrogen-bond donors (Lipinski definition) is 0. The van der Waals surface area contributed by atoms with E-state index in [1.807, 2.05) is 0 Å². The molecule has 0 atom stereocenters. The Bertz CT molecular complexity index is 157. The van der Waals surface area contributed by atoms with Gasteiger partial charge in [0.1, 0.15) is 0 Å². The molecule has 1 nitrogen and oxygen atoms in total. The maximum absolute atomic E-state index is 6.47. The average Bonchev–Trinajstić information content (AvgIpc) is 2.10. The Morgan fingerprint density at radius 3 is 1.40 bits per heavy atom. The van der Waals surface area contributed by atoms with Crippen molar-refractivity contribution in [2.75, 3.05) is 10.7 Å². The summed E-state index contributed by atoms with van der Waals surface area (Å²) in [7, 11) is -2.79. The highest BCUT2D eigenvalue weighted by atomic mass is 79.9. The van der Waals surface area contributed by atoms with Crippen LogP contribution in [-0.4, -0.2) is 27.3 Å². The van der Waals surface area contributed by atoms with Crippen molar-refractivity contribution >= 4 is 48.5 Å². The molecule has 0 amide bonds. The van der Waals surface area contributed by atoms with Gasteiger partial charge in [0.25, 0.3) is 0 Å². The second-order valence-corrected chi connectivity index (χ2v) is 15.6. The van der Waals surface area contributed by atoms with E-state index in [1.165, 1.54) is 24.9 Å². The fourth-order valence-electron chi connectivity index (χ4n) is 1.84. The average molecular weight is 376 g/mol. The Labute approximate surface area is 114 Å². The van der Waals surface area contributed by atoms with Crippen LogP contribution in [0.25, 0.3) is 0 Å². The zero-order chi connectivity index (χ0) is 11.9. The van der Waals surface area contributed by atoms with Crippen molar-refractivity contribution < 1.29 is 4.12 Å². The lowest BCUT2D eigenvalue weighted by molar-refractivity contribution is 0.534. The first kappa shape index (κ1) is 16.4. The Morgan fingerprint density at radius 2 is 1.13 bits per heavy atom. The van der Waals surface area contributed by atoms with Crippen molar-refractivity contribution in [2.24, 2.45) is 0 Å². The fourth-order valence-corrected chi connectivity index (χ4v) is 12.3. The monoisotopic (exact) mass is 374 g/mol. The molecule has 0 spiro atoms. The Hall–Kier alpha value is 1.35. The first-order valence-corrected chi connectivity index (χ1v) is 14.1. The van der Waals surface area contributed by atoms with Gasteiger partial charge in [0.05, 0.1) is 0 Å². The predicted octanol–water partition coefficient (Wildman–Crippen LogP) is 4.98. The maximum Gasteiger partial charge on any atom is 0.173 e. The fraction of sp³-hybridized carbons (Fsp3) is 1.00. The van der Waals surface area contributed by atoms with E-state index < -0.39 is 16.6 Å². The smallest absolute Gasteiger partial charge is 0.173 e. The molecule has 0 aliphatic heterocycles. The van der Waals surface area contributed by atoms with Gasteiger partial charge in [-0.3, -0.25) is 0 Å². The highest BCUT2D eigenvalue weighted by molar-refractivity contribution is 9.09. The van der Waals surface area contributed by atoms with Gasteiger partial charge in [0.2, 0.25) is 0 Å². The number of alkyl halides is 2. The lowest BCUT2D eigenvalue weighted by atomic mass is 10.6. The van der Waals surface area contributed by atoms with Crippen molar-refractivity contribution in [1.82, 2.24) is 0 Å². The van der Waals surface area contributed by atoms with Crippen molar-refractivity contribution in [3.63, 3.8) is 0 Å². The van der Waals surface area contributed by atoms with Crippen molar-refractivity contribution in [3.05, 3.63) is 0 Å². The van der Waals surface area contributed by atoms with Gasteiger partial charge in [0.15, 0.2) is 16.6 Å². The van der Waals surface area contributed by atoms with Crippen LogP contribution in [-0.2, 0) is 4.12 Å². The van der Waals surface area contributed by atoms with Gasteiger partial charge < -0.3 is 4.12 Å². The molecule has 0 aromatic carbocycles. The van der Waals surface area contributed by atoms with Crippen molar-refractivity contribution in [1.29, 1.82) is 0 Å². The largest absolute Gasteiger partial charge is 0.455 e. The van der Waals surface area contributed by atoms with Gasteiger partial charge in [-0.2, -0.15) is 0 Å². The van der Waals surface area contributed by atoms with E-state index in [1.54, 1.807) is 0 Å². The van der Waals surface area contributed by atoms with E-state index in [-0.39, 0.29) is 0 Å². The molecule has 0 aromatic rings. The summed E-state index contributed by atoms with van der Waals surface area (Å²) in [5, 5.41) is 2.21. The summed E-state index contributed by atoms with van der Waals surface area (Å²) >= 11 is 6.99. The third kappa shape index (κ3) is 9.09. The first-order chi connectivity index (χ1) is 6.83. The highest BCUT2D eigenvalue weighted by Crippen LogP contribution is 2.24. The van der Waals surface area contributed by atoms with Crippen LogP contribution in [0, 0.1) is 0 Å². The molecule has 15 heavy (non-hydrogen) atoms. The number of hydrogen-bond acceptors (Lipinski definition) is 1. The van der Waals surface area contributed by atoms with Gasteiger partial charge >= 0.3 is 0 Å². The summed E-state index contributed by atoms with van der Waals surface area (Å²) in [5.41, 5.74) is 0. The second kappa shape index (κ2) is 7.64. The summed E-state index contributed by atoms with van der Waals surface area (Å²) in [5.74, 6) is 0. The topological polar surface area (TPSA) is 9.23 Å². The molecule has 0 radical (unpaired) electrons. The predicted molar refractivity (Wildman–Crippen MR) is 82.5 cm³/mol. The van der Waals surface area contributed by atoms with Crippen LogP contribution in [0.15, 0.2) is 0 Å². The minimum atomic E-state index is -1.39. The van der Waals surface area contributed by atoms with E-state index in [2.05, 4.69) is 58.0 Å². The third-order valence-corrected chi connectivity index (χ3v) is 11.0. The van der Waals surface area contributed by atoms with Crippen LogP contribution in [0.4, 0.5) is 0 Å². The van der Waals surface area contributed by atoms with Crippen LogP contribution in [0.2, 0.25) is 38.3 Å². The maximum atomic E-state index is 6.47. The molecule has 0 N–H and O–H groups in total. The zero-order valence-corrected chi connectivity index (χ0v) is 15.6. The lowest BCUT2D eigenvalue weighted by Gasteiger charge is -2.34. The highest BCUT2D eigenvalue weighted by Gasteiger charge is 2.31. The molecule has 0 fully saturated rings. The van der Waals surface area contributed by atoms with Crippen LogP contribution < -0.4 is 0 Å². The van der Waals surface area contributed by atoms with Crippen LogP contribution in [0.3, 0.4) is 0 Å². The Balaban J connectivity index is 4.04. The molecule has 0 aliphatic carbocycles. The lowest BCUT2D eigenvalue weighted by Crippen LogP contribution is -2.44. The van der Waals surface area contributed by atoms with Gasteiger partial charge in [-0.05, 0) is 51.1 Å². The molecule has 0 saturated heterocycles. The van der Waals surface area contributed by atoms with Gasteiger partial charge in [0, 0.05) is 10.7 Å². The molecular weight excluding hydrogens is 352 g/mol. The minimum absolute atomic E-state index is 1.11. The third-order valence-electron chi connectivity index (χ3n) is 2.38. The molecule has 0 aromatic heterocycles. The van der Waals surface area contributed by atoms with Crippen LogP contribution in [0.1, 0.15) is 12.8 Å². The molecule has 0 unspecified atom stereocenters. The van der Waals surface area contributed by atoms with Crippen molar-refractivity contribution in [2.45, 2.75) is 51.1 Å². The van der Waals surface area contributed by atoms with E-state index >= 15 is 0 Å². The molecule has 92 valence electrons. The van der Waals surface area contributed by atoms with E-state index in [9.17, 15) is 0 Å². The molecule has 0 aliphatic rings. The first-order valence-electron chi connectivity index (χ1n) is 5.65. The standard InChI is InChI=1S/C10H24Br2OSi2/c1-14(2,9-5-7-11)13-15(3,4)10-6-8-12/h5-10H2,1-4H3. The molecular formula is C10H24Br2OSi2. The quantitative estimate of drug-likeness (QED) is 0.429.